The minimum Gasteiger partial charge on any atom is -0.321 e. The Morgan fingerprint density at radius 2 is 1.83 bits per heavy atom. The molecule has 100 valence electrons. The van der Waals surface area contributed by atoms with E-state index in [-0.39, 0.29) is 4.90 Å². The Hall–Kier alpha value is -0.940. The van der Waals surface area contributed by atoms with E-state index in [1.54, 1.807) is 6.07 Å². The molecule has 2 rings (SSSR count). The lowest BCUT2D eigenvalue weighted by molar-refractivity contribution is 0.295. The summed E-state index contributed by atoms with van der Waals surface area (Å²) >= 11 is 0. The van der Waals surface area contributed by atoms with E-state index in [2.05, 4.69) is 0 Å². The van der Waals surface area contributed by atoms with E-state index in [9.17, 15) is 12.8 Å². The third-order valence-electron chi connectivity index (χ3n) is 3.62. The third-order valence-corrected chi connectivity index (χ3v) is 4.78. The van der Waals surface area contributed by atoms with Gasteiger partial charge in [-0.1, -0.05) is 31.4 Å². The highest BCUT2D eigenvalue weighted by molar-refractivity contribution is 7.90. The molecule has 1 saturated carbocycles. The van der Waals surface area contributed by atoms with Crippen molar-refractivity contribution in [1.29, 1.82) is 0 Å². The summed E-state index contributed by atoms with van der Waals surface area (Å²) < 4.78 is 37.4. The molecule has 1 aromatic rings. The largest absolute Gasteiger partial charge is 0.321 e. The Morgan fingerprint density at radius 1 is 1.22 bits per heavy atom. The molecular weight excluding hydrogens is 253 g/mol. The first-order valence-electron chi connectivity index (χ1n) is 6.12. The molecule has 0 aromatic heterocycles. The van der Waals surface area contributed by atoms with E-state index in [4.69, 9.17) is 5.73 Å². The lowest BCUT2D eigenvalue weighted by Crippen LogP contribution is -2.40. The summed E-state index contributed by atoms with van der Waals surface area (Å²) in [5, 5.41) is 0. The summed E-state index contributed by atoms with van der Waals surface area (Å²) in [4.78, 5) is -0.227. The van der Waals surface area contributed by atoms with Crippen molar-refractivity contribution in [3.05, 3.63) is 29.6 Å². The maximum atomic E-state index is 13.8. The smallest absolute Gasteiger partial charge is 0.178 e. The molecule has 3 nitrogen and oxygen atoms in total. The monoisotopic (exact) mass is 271 g/mol. The second-order valence-corrected chi connectivity index (χ2v) is 7.06. The molecule has 0 atom stereocenters. The molecular formula is C13H18FNO2S. The number of nitrogens with two attached hydrogens (primary N) is 1. The van der Waals surface area contributed by atoms with Gasteiger partial charge in [0.15, 0.2) is 9.84 Å². The van der Waals surface area contributed by atoms with Gasteiger partial charge in [-0.05, 0) is 24.5 Å². The minimum atomic E-state index is -3.61. The molecule has 1 aromatic carbocycles. The molecule has 0 bridgehead atoms. The Morgan fingerprint density at radius 3 is 2.39 bits per heavy atom. The Bertz CT molecular complexity index is 548. The van der Waals surface area contributed by atoms with Crippen molar-refractivity contribution in [2.24, 2.45) is 5.73 Å². The molecule has 0 saturated heterocycles. The summed E-state index contributed by atoms with van der Waals surface area (Å²) in [5.41, 5.74) is 6.04. The number of benzene rings is 1. The van der Waals surface area contributed by atoms with E-state index in [1.807, 2.05) is 0 Å². The fraction of sp³-hybridized carbons (Fsp3) is 0.538. The van der Waals surface area contributed by atoms with Gasteiger partial charge in [0.05, 0.1) is 0 Å². The van der Waals surface area contributed by atoms with Crippen LogP contribution in [0.5, 0.6) is 0 Å². The predicted molar refractivity (Wildman–Crippen MR) is 68.5 cm³/mol. The highest BCUT2D eigenvalue weighted by atomic mass is 32.2. The average Bonchev–Trinajstić information content (AvgIpc) is 2.28. The Labute approximate surface area is 107 Å². The van der Waals surface area contributed by atoms with Gasteiger partial charge in [-0.25, -0.2) is 12.8 Å². The summed E-state index contributed by atoms with van der Waals surface area (Å²) in [7, 11) is -3.61. The van der Waals surface area contributed by atoms with Gasteiger partial charge in [-0.15, -0.1) is 0 Å². The molecule has 1 aliphatic rings. The van der Waals surface area contributed by atoms with Crippen LogP contribution in [0.25, 0.3) is 0 Å². The predicted octanol–water partition coefficient (Wildman–Crippen LogP) is 2.35. The van der Waals surface area contributed by atoms with Crippen molar-refractivity contribution in [3.63, 3.8) is 0 Å². The van der Waals surface area contributed by atoms with Gasteiger partial charge in [0.2, 0.25) is 0 Å². The van der Waals surface area contributed by atoms with Crippen molar-refractivity contribution in [2.75, 3.05) is 6.26 Å². The van der Waals surface area contributed by atoms with E-state index in [0.29, 0.717) is 18.4 Å². The molecule has 0 heterocycles. The van der Waals surface area contributed by atoms with Crippen molar-refractivity contribution in [2.45, 2.75) is 42.5 Å². The molecule has 2 N–H and O–H groups in total. The van der Waals surface area contributed by atoms with Gasteiger partial charge in [-0.3, -0.25) is 0 Å². The Balaban J connectivity index is 2.61. The first-order valence-corrected chi connectivity index (χ1v) is 8.02. The zero-order chi connectivity index (χ0) is 13.4. The lowest BCUT2D eigenvalue weighted by Gasteiger charge is -2.35. The van der Waals surface area contributed by atoms with Crippen LogP contribution in [0.1, 0.15) is 37.7 Å². The average molecular weight is 271 g/mol. The van der Waals surface area contributed by atoms with E-state index < -0.39 is 21.2 Å². The molecule has 0 aliphatic heterocycles. The SMILES string of the molecule is CS(=O)(=O)c1c(F)cccc1C1(N)CCCCC1. The quantitative estimate of drug-likeness (QED) is 0.898. The molecule has 1 aliphatic carbocycles. The number of hydrogen-bond donors (Lipinski definition) is 1. The summed E-state index contributed by atoms with van der Waals surface area (Å²) in [6.07, 6.45) is 5.45. The molecule has 1 fully saturated rings. The van der Waals surface area contributed by atoms with Crippen molar-refractivity contribution < 1.29 is 12.8 Å². The highest BCUT2D eigenvalue weighted by Gasteiger charge is 2.34. The first kappa shape index (κ1) is 13.5. The van der Waals surface area contributed by atoms with E-state index >= 15 is 0 Å². The summed E-state index contributed by atoms with van der Waals surface area (Å²) in [6.45, 7) is 0. The van der Waals surface area contributed by atoms with E-state index in [1.165, 1.54) is 12.1 Å². The fourth-order valence-corrected chi connectivity index (χ4v) is 3.82. The molecule has 0 unspecified atom stereocenters. The van der Waals surface area contributed by atoms with Crippen LogP contribution < -0.4 is 5.73 Å². The van der Waals surface area contributed by atoms with Gasteiger partial charge in [0.25, 0.3) is 0 Å². The minimum absolute atomic E-state index is 0.227. The fourth-order valence-electron chi connectivity index (χ4n) is 2.73. The maximum Gasteiger partial charge on any atom is 0.178 e. The molecule has 0 spiro atoms. The van der Waals surface area contributed by atoms with Crippen molar-refractivity contribution in [1.82, 2.24) is 0 Å². The first-order chi connectivity index (χ1) is 8.34. The standard InChI is InChI=1S/C13H18FNO2S/c1-18(16,17)12-10(6-5-7-11(12)14)13(15)8-3-2-4-9-13/h5-7H,2-4,8-9,15H2,1H3. The summed E-state index contributed by atoms with van der Waals surface area (Å²) in [6, 6.07) is 4.35. The van der Waals surface area contributed by atoms with Gasteiger partial charge in [0, 0.05) is 11.8 Å². The molecule has 0 radical (unpaired) electrons. The van der Waals surface area contributed by atoms with E-state index in [0.717, 1.165) is 25.5 Å². The number of halogens is 1. The van der Waals surface area contributed by atoms with Gasteiger partial charge >= 0.3 is 0 Å². The summed E-state index contributed by atoms with van der Waals surface area (Å²) in [5.74, 6) is -0.703. The van der Waals surface area contributed by atoms with Crippen molar-refractivity contribution in [3.8, 4) is 0 Å². The topological polar surface area (TPSA) is 60.2 Å². The van der Waals surface area contributed by atoms with Crippen LogP contribution in [0.3, 0.4) is 0 Å². The highest BCUT2D eigenvalue weighted by Crippen LogP contribution is 2.38. The number of rotatable bonds is 2. The zero-order valence-electron chi connectivity index (χ0n) is 10.4. The third kappa shape index (κ3) is 2.42. The molecule has 5 heteroatoms. The van der Waals surface area contributed by atoms with Crippen LogP contribution in [-0.4, -0.2) is 14.7 Å². The van der Waals surface area contributed by atoms with Crippen LogP contribution in [0.4, 0.5) is 4.39 Å². The van der Waals surface area contributed by atoms with Crippen LogP contribution >= 0.6 is 0 Å². The van der Waals surface area contributed by atoms with Gasteiger partial charge in [-0.2, -0.15) is 0 Å². The molecule has 18 heavy (non-hydrogen) atoms. The number of sulfone groups is 1. The normalized spacial score (nSPS) is 19.7. The van der Waals surface area contributed by atoms with Gasteiger partial charge in [0.1, 0.15) is 10.7 Å². The lowest BCUT2D eigenvalue weighted by atomic mass is 9.77. The van der Waals surface area contributed by atoms with Crippen LogP contribution in [-0.2, 0) is 15.4 Å². The second kappa shape index (κ2) is 4.63. The van der Waals surface area contributed by atoms with Gasteiger partial charge < -0.3 is 5.73 Å². The van der Waals surface area contributed by atoms with Crippen LogP contribution in [0, 0.1) is 5.82 Å². The maximum absolute atomic E-state index is 13.8. The Kier molecular flexibility index (Phi) is 3.47. The molecule has 0 amide bonds. The van der Waals surface area contributed by atoms with Crippen LogP contribution in [0.2, 0.25) is 0 Å². The number of hydrogen-bond acceptors (Lipinski definition) is 3. The second-order valence-electron chi connectivity index (χ2n) is 5.11. The zero-order valence-corrected chi connectivity index (χ0v) is 11.3. The van der Waals surface area contributed by atoms with Crippen LogP contribution in [0.15, 0.2) is 23.1 Å². The van der Waals surface area contributed by atoms with Crippen molar-refractivity contribution >= 4 is 9.84 Å².